The Bertz CT molecular complexity index is 1510. The van der Waals surface area contributed by atoms with Crippen LogP contribution in [0.1, 0.15) is 16.0 Å². The Morgan fingerprint density at radius 3 is 1.69 bits per heavy atom. The first-order chi connectivity index (χ1) is 17.4. The molecule has 0 spiro atoms. The second kappa shape index (κ2) is 10.8. The van der Waals surface area contributed by atoms with Crippen molar-refractivity contribution in [2.45, 2.75) is 19.8 Å². The second-order valence-corrected chi connectivity index (χ2v) is 13.4. The lowest BCUT2D eigenvalue weighted by Gasteiger charge is -2.02. The standard InChI is InChI=1S/C27H22O4S5/c1-15-6-7-19(33-15)23-12-17(14-25(29)31-3)27(36-23)21-9-8-20(34-21)26-16(13-24(28)30-2)11-22(35-26)18-5-4-10-32-18/h4-12H,13-14H2,1-3H3. The normalized spacial score (nSPS) is 11.1. The molecule has 9 heteroatoms. The molecule has 4 nitrogen and oxygen atoms in total. The van der Waals surface area contributed by atoms with Crippen LogP contribution in [0.4, 0.5) is 0 Å². The number of methoxy groups -OCH3 is 2. The molecule has 0 saturated carbocycles. The molecule has 5 heterocycles. The van der Waals surface area contributed by atoms with E-state index in [1.54, 1.807) is 56.7 Å². The van der Waals surface area contributed by atoms with Crippen LogP contribution >= 0.6 is 56.7 Å². The Kier molecular flexibility index (Phi) is 7.55. The number of thiophene rings is 5. The molecule has 5 aromatic rings. The van der Waals surface area contributed by atoms with Crippen LogP contribution in [-0.2, 0) is 31.9 Å². The van der Waals surface area contributed by atoms with Gasteiger partial charge in [-0.05, 0) is 65.9 Å². The molecular weight excluding hydrogens is 549 g/mol. The van der Waals surface area contributed by atoms with Gasteiger partial charge in [0.2, 0.25) is 0 Å². The zero-order chi connectivity index (χ0) is 25.2. The van der Waals surface area contributed by atoms with E-state index in [-0.39, 0.29) is 24.8 Å². The Morgan fingerprint density at radius 1 is 0.667 bits per heavy atom. The van der Waals surface area contributed by atoms with E-state index in [4.69, 9.17) is 9.47 Å². The lowest BCUT2D eigenvalue weighted by atomic mass is 10.1. The van der Waals surface area contributed by atoms with Crippen LogP contribution in [0, 0.1) is 6.92 Å². The van der Waals surface area contributed by atoms with Gasteiger partial charge in [-0.25, -0.2) is 0 Å². The predicted octanol–water partition coefficient (Wildman–Crippen LogP) is 8.40. The highest BCUT2D eigenvalue weighted by Gasteiger charge is 2.21. The highest BCUT2D eigenvalue weighted by molar-refractivity contribution is 7.29. The number of ether oxygens (including phenoxy) is 2. The van der Waals surface area contributed by atoms with E-state index in [2.05, 4.69) is 54.8 Å². The van der Waals surface area contributed by atoms with Crippen LogP contribution in [-0.4, -0.2) is 26.2 Å². The molecule has 184 valence electrons. The van der Waals surface area contributed by atoms with E-state index in [1.165, 1.54) is 28.9 Å². The molecule has 0 unspecified atom stereocenters. The second-order valence-electron chi connectivity index (χ2n) is 7.99. The van der Waals surface area contributed by atoms with E-state index in [0.29, 0.717) is 0 Å². The summed E-state index contributed by atoms with van der Waals surface area (Å²) in [5.74, 6) is -0.503. The van der Waals surface area contributed by atoms with Crippen molar-refractivity contribution in [2.24, 2.45) is 0 Å². The van der Waals surface area contributed by atoms with Gasteiger partial charge in [0.15, 0.2) is 0 Å². The van der Waals surface area contributed by atoms with E-state index < -0.39 is 0 Å². The molecule has 5 aromatic heterocycles. The third-order valence-electron chi connectivity index (χ3n) is 5.54. The van der Waals surface area contributed by atoms with Gasteiger partial charge in [-0.15, -0.1) is 56.7 Å². The van der Waals surface area contributed by atoms with E-state index in [0.717, 1.165) is 40.4 Å². The predicted molar refractivity (Wildman–Crippen MR) is 154 cm³/mol. The van der Waals surface area contributed by atoms with Crippen LogP contribution < -0.4 is 0 Å². The molecule has 0 atom stereocenters. The minimum absolute atomic E-state index is 0.231. The molecule has 0 bridgehead atoms. The van der Waals surface area contributed by atoms with Gasteiger partial charge in [-0.2, -0.15) is 0 Å². The van der Waals surface area contributed by atoms with Gasteiger partial charge in [0.25, 0.3) is 0 Å². The molecular formula is C27H22O4S5. The van der Waals surface area contributed by atoms with E-state index >= 15 is 0 Å². The van der Waals surface area contributed by atoms with Crippen molar-refractivity contribution in [3.05, 3.63) is 69.9 Å². The van der Waals surface area contributed by atoms with Gasteiger partial charge >= 0.3 is 11.9 Å². The Hall–Kier alpha value is -2.56. The van der Waals surface area contributed by atoms with Crippen molar-refractivity contribution in [2.75, 3.05) is 14.2 Å². The number of esters is 2. The molecule has 36 heavy (non-hydrogen) atoms. The molecule has 0 radical (unpaired) electrons. The zero-order valence-corrected chi connectivity index (χ0v) is 23.9. The Balaban J connectivity index is 1.55. The maximum Gasteiger partial charge on any atom is 0.310 e. The molecule has 0 aliphatic carbocycles. The quantitative estimate of drug-likeness (QED) is 0.176. The number of aryl methyl sites for hydroxylation is 1. The molecule has 0 N–H and O–H groups in total. The first-order valence-electron chi connectivity index (χ1n) is 11.1. The fraction of sp³-hybridized carbons (Fsp3) is 0.185. The topological polar surface area (TPSA) is 52.6 Å². The van der Waals surface area contributed by atoms with Crippen LogP contribution in [0.25, 0.3) is 39.0 Å². The lowest BCUT2D eigenvalue weighted by Crippen LogP contribution is -2.04. The third-order valence-corrected chi connectivity index (χ3v) is 11.6. The summed E-state index contributed by atoms with van der Waals surface area (Å²) in [6.07, 6.45) is 0.463. The number of rotatable bonds is 8. The summed E-state index contributed by atoms with van der Waals surface area (Å²) in [4.78, 5) is 34.6. The minimum atomic E-state index is -0.252. The summed E-state index contributed by atoms with van der Waals surface area (Å²) in [7, 11) is 2.84. The molecule has 0 fully saturated rings. The summed E-state index contributed by atoms with van der Waals surface area (Å²) in [6, 6.07) is 16.8. The van der Waals surface area contributed by atoms with Crippen LogP contribution in [0.2, 0.25) is 0 Å². The number of hydrogen-bond acceptors (Lipinski definition) is 9. The molecule has 0 amide bonds. The van der Waals surface area contributed by atoms with Gasteiger partial charge < -0.3 is 9.47 Å². The first kappa shape index (κ1) is 25.1. The summed E-state index contributed by atoms with van der Waals surface area (Å²) >= 11 is 8.53. The smallest absolute Gasteiger partial charge is 0.310 e. The number of hydrogen-bond donors (Lipinski definition) is 0. The van der Waals surface area contributed by atoms with Crippen LogP contribution in [0.15, 0.2) is 53.9 Å². The summed E-state index contributed by atoms with van der Waals surface area (Å²) in [6.45, 7) is 2.10. The fourth-order valence-corrected chi connectivity index (χ4v) is 9.23. The van der Waals surface area contributed by atoms with Crippen molar-refractivity contribution in [3.63, 3.8) is 0 Å². The highest BCUT2D eigenvalue weighted by Crippen LogP contribution is 2.47. The molecule has 5 rings (SSSR count). The van der Waals surface area contributed by atoms with E-state index in [9.17, 15) is 9.59 Å². The van der Waals surface area contributed by atoms with Crippen molar-refractivity contribution in [1.82, 2.24) is 0 Å². The molecule has 0 aliphatic rings. The van der Waals surface area contributed by atoms with Crippen molar-refractivity contribution in [1.29, 1.82) is 0 Å². The number of carbonyl (C=O) groups excluding carboxylic acids is 2. The maximum atomic E-state index is 12.2. The fourth-order valence-electron chi connectivity index (χ4n) is 3.80. The Morgan fingerprint density at radius 2 is 1.22 bits per heavy atom. The third kappa shape index (κ3) is 5.26. The van der Waals surface area contributed by atoms with Gasteiger partial charge in [-0.1, -0.05) is 6.07 Å². The SMILES string of the molecule is COC(=O)Cc1cc(-c2cccs2)sc1-c1ccc(-c2sc(-c3ccc(C)s3)cc2CC(=O)OC)s1. The zero-order valence-electron chi connectivity index (χ0n) is 19.8. The average molecular weight is 571 g/mol. The van der Waals surface area contributed by atoms with Gasteiger partial charge in [0, 0.05) is 43.9 Å². The average Bonchev–Trinajstić information content (AvgIpc) is 3.68. The van der Waals surface area contributed by atoms with Crippen molar-refractivity contribution >= 4 is 68.6 Å². The van der Waals surface area contributed by atoms with Crippen LogP contribution in [0.3, 0.4) is 0 Å². The lowest BCUT2D eigenvalue weighted by molar-refractivity contribution is -0.140. The van der Waals surface area contributed by atoms with Gasteiger partial charge in [-0.3, -0.25) is 9.59 Å². The molecule has 0 aromatic carbocycles. The highest BCUT2D eigenvalue weighted by atomic mass is 32.1. The maximum absolute atomic E-state index is 12.2. The monoisotopic (exact) mass is 570 g/mol. The molecule has 0 aliphatic heterocycles. The van der Waals surface area contributed by atoms with Gasteiger partial charge in [0.05, 0.1) is 27.1 Å². The van der Waals surface area contributed by atoms with Crippen molar-refractivity contribution in [3.8, 4) is 39.0 Å². The molecule has 0 saturated heterocycles. The summed E-state index contributed by atoms with van der Waals surface area (Å²) in [5, 5.41) is 2.06. The number of carbonyl (C=O) groups is 2. The van der Waals surface area contributed by atoms with Crippen LogP contribution in [0.5, 0.6) is 0 Å². The minimum Gasteiger partial charge on any atom is -0.469 e. The Labute approximate surface area is 229 Å². The van der Waals surface area contributed by atoms with Gasteiger partial charge in [0.1, 0.15) is 0 Å². The summed E-state index contributed by atoms with van der Waals surface area (Å²) in [5.41, 5.74) is 1.95. The first-order valence-corrected chi connectivity index (χ1v) is 15.2. The summed E-state index contributed by atoms with van der Waals surface area (Å²) < 4.78 is 9.93. The van der Waals surface area contributed by atoms with Crippen molar-refractivity contribution < 1.29 is 19.1 Å². The largest absolute Gasteiger partial charge is 0.469 e. The van der Waals surface area contributed by atoms with E-state index in [1.807, 2.05) is 6.07 Å².